The summed E-state index contributed by atoms with van der Waals surface area (Å²) in [6, 6.07) is 6.99. The molecule has 1 rings (SSSR count). The number of thiocarbonyl (C=S) groups is 1. The minimum Gasteiger partial charge on any atom is -0.493 e. The number of benzene rings is 1. The molecule has 0 saturated heterocycles. The topological polar surface area (TPSA) is 88.7 Å². The molecule has 23 heavy (non-hydrogen) atoms. The summed E-state index contributed by atoms with van der Waals surface area (Å²) in [5.41, 5.74) is 4.78. The van der Waals surface area contributed by atoms with Crippen molar-refractivity contribution in [2.75, 3.05) is 13.7 Å². The number of rotatable bonds is 6. The van der Waals surface area contributed by atoms with E-state index in [1.165, 1.54) is 7.11 Å². The molecule has 0 aromatic heterocycles. The van der Waals surface area contributed by atoms with Gasteiger partial charge in [-0.1, -0.05) is 26.0 Å². The van der Waals surface area contributed by atoms with Crippen LogP contribution in [0, 0.1) is 5.92 Å². The van der Waals surface area contributed by atoms with Crippen molar-refractivity contribution >= 4 is 29.1 Å². The summed E-state index contributed by atoms with van der Waals surface area (Å²) in [7, 11) is 1.52. The van der Waals surface area contributed by atoms with Crippen molar-refractivity contribution in [1.29, 1.82) is 0 Å². The average Bonchev–Trinajstić information content (AvgIpc) is 2.50. The molecule has 0 fully saturated rings. The van der Waals surface area contributed by atoms with Gasteiger partial charge in [-0.25, -0.2) is 0 Å². The van der Waals surface area contributed by atoms with Gasteiger partial charge in [-0.05, 0) is 30.3 Å². The Morgan fingerprint density at radius 3 is 2.39 bits per heavy atom. The van der Waals surface area contributed by atoms with Crippen LogP contribution in [0.2, 0.25) is 0 Å². The van der Waals surface area contributed by atoms with Crippen LogP contribution in [0.25, 0.3) is 0 Å². The monoisotopic (exact) mass is 339 g/mol. The molecule has 1 aromatic rings. The Morgan fingerprint density at radius 1 is 1.13 bits per heavy atom. The van der Waals surface area contributed by atoms with Crippen LogP contribution >= 0.6 is 12.2 Å². The minimum atomic E-state index is -0.448. The van der Waals surface area contributed by atoms with Crippen molar-refractivity contribution in [2.24, 2.45) is 5.92 Å². The third-order valence-corrected chi connectivity index (χ3v) is 2.79. The van der Waals surface area contributed by atoms with Crippen molar-refractivity contribution < 1.29 is 19.1 Å². The first-order valence-electron chi connectivity index (χ1n) is 7.06. The van der Waals surface area contributed by atoms with E-state index in [1.807, 2.05) is 13.8 Å². The Hall–Kier alpha value is -2.35. The lowest BCUT2D eigenvalue weighted by Gasteiger charge is -2.13. The van der Waals surface area contributed by atoms with Gasteiger partial charge in [-0.3, -0.25) is 20.4 Å². The molecule has 2 amide bonds. The van der Waals surface area contributed by atoms with Gasteiger partial charge < -0.3 is 14.8 Å². The fraction of sp³-hybridized carbons (Fsp3) is 0.400. The van der Waals surface area contributed by atoms with Crippen molar-refractivity contribution in [2.45, 2.75) is 20.3 Å². The fourth-order valence-corrected chi connectivity index (χ4v) is 1.79. The predicted molar refractivity (Wildman–Crippen MR) is 90.0 cm³/mol. The highest BCUT2D eigenvalue weighted by atomic mass is 32.1. The van der Waals surface area contributed by atoms with Gasteiger partial charge in [0.1, 0.15) is 0 Å². The maximum Gasteiger partial charge on any atom is 0.276 e. The molecule has 8 heteroatoms. The quantitative estimate of drug-likeness (QED) is 0.532. The number of methoxy groups -OCH3 is 1. The Balaban J connectivity index is 2.31. The molecule has 3 N–H and O–H groups in total. The largest absolute Gasteiger partial charge is 0.493 e. The van der Waals surface area contributed by atoms with Gasteiger partial charge in [0.15, 0.2) is 23.2 Å². The summed E-state index contributed by atoms with van der Waals surface area (Å²) in [5, 5.41) is 2.49. The van der Waals surface area contributed by atoms with Crippen molar-refractivity contribution in [3.63, 3.8) is 0 Å². The highest BCUT2D eigenvalue weighted by Gasteiger charge is 2.09. The lowest BCUT2D eigenvalue weighted by atomic mass is 10.1. The van der Waals surface area contributed by atoms with E-state index >= 15 is 0 Å². The minimum absolute atomic E-state index is 0.0290. The molecule has 0 saturated carbocycles. The van der Waals surface area contributed by atoms with E-state index in [4.69, 9.17) is 21.7 Å². The van der Waals surface area contributed by atoms with Gasteiger partial charge in [-0.15, -0.1) is 0 Å². The zero-order valence-electron chi connectivity index (χ0n) is 13.3. The number of carbonyl (C=O) groups excluding carboxylic acids is 2. The Kier molecular flexibility index (Phi) is 7.82. The lowest BCUT2D eigenvalue weighted by Crippen LogP contribution is -2.49. The van der Waals surface area contributed by atoms with Crippen molar-refractivity contribution in [3.05, 3.63) is 24.3 Å². The molecule has 1 aromatic carbocycles. The van der Waals surface area contributed by atoms with Crippen molar-refractivity contribution in [3.8, 4) is 11.5 Å². The second-order valence-corrected chi connectivity index (χ2v) is 5.50. The number of ether oxygens (including phenoxy) is 2. The first-order chi connectivity index (χ1) is 10.9. The zero-order valence-corrected chi connectivity index (χ0v) is 14.2. The second kappa shape index (κ2) is 9.62. The average molecular weight is 339 g/mol. The van der Waals surface area contributed by atoms with Crippen LogP contribution in [0.5, 0.6) is 11.5 Å². The third-order valence-electron chi connectivity index (χ3n) is 2.59. The van der Waals surface area contributed by atoms with E-state index in [0.29, 0.717) is 17.9 Å². The summed E-state index contributed by atoms with van der Waals surface area (Å²) in [4.78, 5) is 23.2. The normalized spacial score (nSPS) is 9.91. The number of amides is 2. The summed E-state index contributed by atoms with van der Waals surface area (Å²) in [5.74, 6) is 0.553. The number of carbonyl (C=O) groups is 2. The standard InChI is InChI=1S/C15H21N3O4S/c1-10(2)8-13(19)16-15(23)18-17-14(20)9-22-12-7-5-4-6-11(12)21-3/h4-7,10H,8-9H2,1-3H3,(H,17,20)(H2,16,18,19,23). The number of para-hydroxylation sites is 2. The van der Waals surface area contributed by atoms with E-state index in [1.54, 1.807) is 24.3 Å². The van der Waals surface area contributed by atoms with Gasteiger partial charge >= 0.3 is 0 Å². The smallest absolute Gasteiger partial charge is 0.276 e. The summed E-state index contributed by atoms with van der Waals surface area (Å²) in [6.45, 7) is 3.62. The van der Waals surface area contributed by atoms with Crippen LogP contribution in [0.15, 0.2) is 24.3 Å². The van der Waals surface area contributed by atoms with E-state index in [2.05, 4.69) is 16.2 Å². The molecule has 0 aliphatic heterocycles. The predicted octanol–water partition coefficient (Wildman–Crippen LogP) is 1.14. The van der Waals surface area contributed by atoms with Gasteiger partial charge in [0.2, 0.25) is 5.91 Å². The summed E-state index contributed by atoms with van der Waals surface area (Å²) < 4.78 is 10.5. The van der Waals surface area contributed by atoms with Gasteiger partial charge in [0.05, 0.1) is 7.11 Å². The van der Waals surface area contributed by atoms with E-state index < -0.39 is 5.91 Å². The molecule has 0 heterocycles. The molecule has 0 unspecified atom stereocenters. The van der Waals surface area contributed by atoms with E-state index in [-0.39, 0.29) is 23.5 Å². The Bertz CT molecular complexity index is 563. The number of hydrogen-bond donors (Lipinski definition) is 3. The molecular formula is C15H21N3O4S. The van der Waals surface area contributed by atoms with E-state index in [9.17, 15) is 9.59 Å². The highest BCUT2D eigenvalue weighted by Crippen LogP contribution is 2.25. The van der Waals surface area contributed by atoms with Gasteiger partial charge in [0.25, 0.3) is 5.91 Å². The van der Waals surface area contributed by atoms with E-state index in [0.717, 1.165) is 0 Å². The number of hydrazine groups is 1. The van der Waals surface area contributed by atoms with Crippen molar-refractivity contribution in [1.82, 2.24) is 16.2 Å². The SMILES string of the molecule is COc1ccccc1OCC(=O)NNC(=S)NC(=O)CC(C)C. The highest BCUT2D eigenvalue weighted by molar-refractivity contribution is 7.80. The Morgan fingerprint density at radius 2 is 1.78 bits per heavy atom. The molecular weight excluding hydrogens is 318 g/mol. The number of nitrogens with one attached hydrogen (secondary N) is 3. The maximum absolute atomic E-state index is 11.7. The fourth-order valence-electron chi connectivity index (χ4n) is 1.62. The summed E-state index contributed by atoms with van der Waals surface area (Å²) in [6.07, 6.45) is 0.354. The zero-order chi connectivity index (χ0) is 17.2. The molecule has 0 spiro atoms. The van der Waals surface area contributed by atoms with Crippen LogP contribution in [-0.4, -0.2) is 30.6 Å². The number of hydrogen-bond acceptors (Lipinski definition) is 5. The van der Waals surface area contributed by atoms with Gasteiger partial charge in [0, 0.05) is 6.42 Å². The molecule has 7 nitrogen and oxygen atoms in total. The van der Waals surface area contributed by atoms with Crippen LogP contribution in [0.3, 0.4) is 0 Å². The molecule has 126 valence electrons. The molecule has 0 aliphatic rings. The Labute approximate surface area is 140 Å². The van der Waals surface area contributed by atoms with Crippen LogP contribution in [-0.2, 0) is 9.59 Å². The lowest BCUT2D eigenvalue weighted by molar-refractivity contribution is -0.124. The molecule has 0 atom stereocenters. The molecule has 0 bridgehead atoms. The maximum atomic E-state index is 11.7. The second-order valence-electron chi connectivity index (χ2n) is 5.09. The first kappa shape index (κ1) is 18.7. The summed E-state index contributed by atoms with van der Waals surface area (Å²) >= 11 is 4.90. The van der Waals surface area contributed by atoms with Crippen LogP contribution in [0.1, 0.15) is 20.3 Å². The van der Waals surface area contributed by atoms with Crippen LogP contribution < -0.4 is 25.6 Å². The third kappa shape index (κ3) is 7.46. The molecule has 0 aliphatic carbocycles. The van der Waals surface area contributed by atoms with Gasteiger partial charge in [-0.2, -0.15) is 0 Å². The molecule has 0 radical (unpaired) electrons. The first-order valence-corrected chi connectivity index (χ1v) is 7.47. The van der Waals surface area contributed by atoms with Crippen LogP contribution in [0.4, 0.5) is 0 Å².